The van der Waals surface area contributed by atoms with Gasteiger partial charge in [-0.3, -0.25) is 19.2 Å². The van der Waals surface area contributed by atoms with Gasteiger partial charge in [-0.05, 0) is 56.0 Å². The first-order valence-electron chi connectivity index (χ1n) is 11.1. The van der Waals surface area contributed by atoms with E-state index in [0.717, 1.165) is 23.4 Å². The largest absolute Gasteiger partial charge is 0.491 e. The van der Waals surface area contributed by atoms with Crippen LogP contribution in [-0.2, 0) is 28.4 Å². The summed E-state index contributed by atoms with van der Waals surface area (Å²) in [6.07, 6.45) is 0.856. The van der Waals surface area contributed by atoms with E-state index in [2.05, 4.69) is 12.0 Å². The molecule has 0 aliphatic rings. The van der Waals surface area contributed by atoms with Crippen molar-refractivity contribution in [3.8, 4) is 5.75 Å². The summed E-state index contributed by atoms with van der Waals surface area (Å²) in [5.74, 6) is 0.0659. The van der Waals surface area contributed by atoms with Gasteiger partial charge in [0.15, 0.2) is 0 Å². The molecule has 0 aliphatic heterocycles. The summed E-state index contributed by atoms with van der Waals surface area (Å²) in [7, 11) is 1.72. The Morgan fingerprint density at radius 1 is 1.12 bits per heavy atom. The van der Waals surface area contributed by atoms with Crippen LogP contribution < -0.4 is 4.74 Å². The minimum atomic E-state index is -0.370. The summed E-state index contributed by atoms with van der Waals surface area (Å²) in [5, 5.41) is 4.45. The Balaban J connectivity index is 2.08. The Morgan fingerprint density at radius 3 is 2.38 bits per heavy atom. The molecular weight excluding hydrogens is 406 g/mol. The van der Waals surface area contributed by atoms with Crippen LogP contribution >= 0.6 is 0 Å². The van der Waals surface area contributed by atoms with E-state index in [1.54, 1.807) is 13.1 Å². The van der Waals surface area contributed by atoms with Gasteiger partial charge < -0.3 is 9.47 Å². The van der Waals surface area contributed by atoms with E-state index in [1.807, 2.05) is 46.8 Å². The summed E-state index contributed by atoms with van der Waals surface area (Å²) >= 11 is 0. The van der Waals surface area contributed by atoms with Gasteiger partial charge in [-0.15, -0.1) is 0 Å². The molecule has 0 spiro atoms. The minimum Gasteiger partial charge on any atom is -0.491 e. The summed E-state index contributed by atoms with van der Waals surface area (Å²) in [6.45, 7) is 15.4. The van der Waals surface area contributed by atoms with Crippen molar-refractivity contribution in [1.82, 2.24) is 14.7 Å². The van der Waals surface area contributed by atoms with Crippen molar-refractivity contribution in [2.24, 2.45) is 7.05 Å². The van der Waals surface area contributed by atoms with Gasteiger partial charge in [0, 0.05) is 26.0 Å². The number of imide groups is 1. The molecule has 0 radical (unpaired) electrons. The standard InChI is InChI=1S/C25H37N3O4/c1-9-31-14-12-20-10-11-22(18(3)17(20)2)32-15-13-28(19(4)29)24(30)21-16-23(25(5,6)7)26-27(21)8/h10-11,16H,9,12-15H2,1-8H3. The molecule has 7 nitrogen and oxygen atoms in total. The third-order valence-electron chi connectivity index (χ3n) is 5.63. The van der Waals surface area contributed by atoms with Gasteiger partial charge in [0.05, 0.1) is 18.8 Å². The number of hydrogen-bond acceptors (Lipinski definition) is 5. The molecule has 1 aromatic heterocycles. The van der Waals surface area contributed by atoms with E-state index < -0.39 is 0 Å². The number of benzene rings is 1. The number of carbonyl (C=O) groups excluding carboxylic acids is 2. The molecule has 0 unspecified atom stereocenters. The lowest BCUT2D eigenvalue weighted by Crippen LogP contribution is -2.39. The molecule has 0 N–H and O–H groups in total. The summed E-state index contributed by atoms with van der Waals surface area (Å²) < 4.78 is 12.9. The van der Waals surface area contributed by atoms with Crippen LogP contribution in [0.25, 0.3) is 0 Å². The lowest BCUT2D eigenvalue weighted by molar-refractivity contribution is -0.126. The van der Waals surface area contributed by atoms with Crippen LogP contribution in [0.1, 0.15) is 67.5 Å². The van der Waals surface area contributed by atoms with Gasteiger partial charge in [0.1, 0.15) is 18.1 Å². The Morgan fingerprint density at radius 2 is 1.81 bits per heavy atom. The lowest BCUT2D eigenvalue weighted by Gasteiger charge is -2.20. The second-order valence-corrected chi connectivity index (χ2v) is 9.03. The maximum atomic E-state index is 13.1. The maximum absolute atomic E-state index is 13.1. The van der Waals surface area contributed by atoms with E-state index in [-0.39, 0.29) is 30.4 Å². The van der Waals surface area contributed by atoms with Crippen molar-refractivity contribution < 1.29 is 19.1 Å². The number of rotatable bonds is 9. The van der Waals surface area contributed by atoms with E-state index in [0.29, 0.717) is 18.9 Å². The average Bonchev–Trinajstić information content (AvgIpc) is 3.11. The molecule has 176 valence electrons. The maximum Gasteiger partial charge on any atom is 0.278 e. The van der Waals surface area contributed by atoms with Gasteiger partial charge in [-0.25, -0.2) is 0 Å². The Hall–Kier alpha value is -2.67. The first-order valence-corrected chi connectivity index (χ1v) is 11.1. The number of hydrogen-bond donors (Lipinski definition) is 0. The molecular formula is C25H37N3O4. The Bertz CT molecular complexity index is 957. The third-order valence-corrected chi connectivity index (χ3v) is 5.63. The monoisotopic (exact) mass is 443 g/mol. The normalized spacial score (nSPS) is 11.5. The number of carbonyl (C=O) groups is 2. The van der Waals surface area contributed by atoms with E-state index in [1.165, 1.54) is 27.6 Å². The van der Waals surface area contributed by atoms with Crippen molar-refractivity contribution in [3.63, 3.8) is 0 Å². The average molecular weight is 444 g/mol. The molecule has 2 aromatic rings. The van der Waals surface area contributed by atoms with Crippen LogP contribution in [0.5, 0.6) is 5.75 Å². The zero-order valence-electron chi connectivity index (χ0n) is 20.7. The van der Waals surface area contributed by atoms with Gasteiger partial charge in [0.2, 0.25) is 5.91 Å². The lowest BCUT2D eigenvalue weighted by atomic mass is 9.92. The van der Waals surface area contributed by atoms with Gasteiger partial charge in [-0.1, -0.05) is 26.8 Å². The first kappa shape index (κ1) is 25.6. The topological polar surface area (TPSA) is 73.7 Å². The van der Waals surface area contributed by atoms with Crippen molar-refractivity contribution in [3.05, 3.63) is 46.3 Å². The number of amides is 2. The van der Waals surface area contributed by atoms with Crippen molar-refractivity contribution in [2.75, 3.05) is 26.4 Å². The molecule has 0 atom stereocenters. The smallest absolute Gasteiger partial charge is 0.278 e. The van der Waals surface area contributed by atoms with Crippen molar-refractivity contribution in [2.45, 2.75) is 60.3 Å². The number of aromatic nitrogens is 2. The number of aryl methyl sites for hydroxylation is 1. The molecule has 0 fully saturated rings. The predicted octanol–water partition coefficient (Wildman–Crippen LogP) is 3.98. The van der Waals surface area contributed by atoms with Crippen LogP contribution in [0, 0.1) is 13.8 Å². The molecule has 0 bridgehead atoms. The molecule has 0 saturated carbocycles. The molecule has 1 aromatic carbocycles. The van der Waals surface area contributed by atoms with Crippen LogP contribution in [0.15, 0.2) is 18.2 Å². The zero-order chi connectivity index (χ0) is 24.1. The summed E-state index contributed by atoms with van der Waals surface area (Å²) in [5.41, 5.74) is 4.46. The highest BCUT2D eigenvalue weighted by atomic mass is 16.5. The second-order valence-electron chi connectivity index (χ2n) is 9.03. The predicted molar refractivity (Wildman–Crippen MR) is 125 cm³/mol. The number of nitrogens with zero attached hydrogens (tertiary/aromatic N) is 3. The zero-order valence-corrected chi connectivity index (χ0v) is 20.7. The first-order chi connectivity index (χ1) is 15.0. The minimum absolute atomic E-state index is 0.161. The summed E-state index contributed by atoms with van der Waals surface area (Å²) in [6, 6.07) is 5.75. The van der Waals surface area contributed by atoms with Crippen molar-refractivity contribution >= 4 is 11.8 Å². The Kier molecular flexibility index (Phi) is 8.61. The molecule has 0 aliphatic carbocycles. The molecule has 2 amide bonds. The molecule has 0 saturated heterocycles. The highest BCUT2D eigenvalue weighted by molar-refractivity contribution is 6.03. The van der Waals surface area contributed by atoms with Gasteiger partial charge in [-0.2, -0.15) is 5.10 Å². The SMILES string of the molecule is CCOCCc1ccc(OCCN(C(C)=O)C(=O)c2cc(C(C)(C)C)nn2C)c(C)c1C. The van der Waals surface area contributed by atoms with Crippen LogP contribution in [-0.4, -0.2) is 52.9 Å². The van der Waals surface area contributed by atoms with Crippen molar-refractivity contribution in [1.29, 1.82) is 0 Å². The van der Waals surface area contributed by atoms with Crippen LogP contribution in [0.3, 0.4) is 0 Å². The van der Waals surface area contributed by atoms with Gasteiger partial charge >= 0.3 is 0 Å². The molecule has 7 heteroatoms. The second kappa shape index (κ2) is 10.8. The van der Waals surface area contributed by atoms with E-state index >= 15 is 0 Å². The molecule has 2 rings (SSSR count). The number of ether oxygens (including phenoxy) is 2. The quantitative estimate of drug-likeness (QED) is 0.548. The fourth-order valence-electron chi connectivity index (χ4n) is 3.43. The fraction of sp³-hybridized carbons (Fsp3) is 0.560. The van der Waals surface area contributed by atoms with Crippen LogP contribution in [0.4, 0.5) is 0 Å². The van der Waals surface area contributed by atoms with E-state index in [9.17, 15) is 9.59 Å². The van der Waals surface area contributed by atoms with Crippen LogP contribution in [0.2, 0.25) is 0 Å². The molecule has 32 heavy (non-hydrogen) atoms. The Labute approximate surface area is 191 Å². The highest BCUT2D eigenvalue weighted by Crippen LogP contribution is 2.25. The third kappa shape index (κ3) is 6.19. The molecule has 1 heterocycles. The highest BCUT2D eigenvalue weighted by Gasteiger charge is 2.26. The van der Waals surface area contributed by atoms with Gasteiger partial charge in [0.25, 0.3) is 5.91 Å². The summed E-state index contributed by atoms with van der Waals surface area (Å²) in [4.78, 5) is 26.5. The van der Waals surface area contributed by atoms with E-state index in [4.69, 9.17) is 9.47 Å². The fourth-order valence-corrected chi connectivity index (χ4v) is 3.43.